The Morgan fingerprint density at radius 1 is 1.14 bits per heavy atom. The minimum atomic E-state index is -3.90. The molecule has 3 aromatic rings. The molecule has 2 aromatic carbocycles. The highest BCUT2D eigenvalue weighted by Gasteiger charge is 2.24. The number of rotatable bonds is 5. The van der Waals surface area contributed by atoms with Crippen molar-refractivity contribution >= 4 is 38.6 Å². The van der Waals surface area contributed by atoms with Gasteiger partial charge >= 0.3 is 5.97 Å². The standard InChI is InChI=1S/C19H18N2O6S/c1-11-15-8-3-4-9-16(15)27-17(11)19(23)26-12(2)18(22)21-13-6-5-7-14(10-13)28(20,24)25/h3-10,12H,1-2H3,(H,21,22)(H2,20,24,25)/t12-/m0/s1. The SMILES string of the molecule is Cc1c(C(=O)O[C@@H](C)C(=O)Nc2cccc(S(N)(=O)=O)c2)oc2ccccc12. The van der Waals surface area contributed by atoms with Crippen molar-refractivity contribution < 1.29 is 27.2 Å². The lowest BCUT2D eigenvalue weighted by Gasteiger charge is -2.13. The maximum atomic E-state index is 12.4. The summed E-state index contributed by atoms with van der Waals surface area (Å²) >= 11 is 0. The Labute approximate surface area is 161 Å². The van der Waals surface area contributed by atoms with Crippen molar-refractivity contribution in [3.8, 4) is 0 Å². The molecule has 8 nitrogen and oxygen atoms in total. The van der Waals surface area contributed by atoms with Gasteiger partial charge in [-0.05, 0) is 38.1 Å². The van der Waals surface area contributed by atoms with Gasteiger partial charge in [0, 0.05) is 16.6 Å². The van der Waals surface area contributed by atoms with Crippen molar-refractivity contribution in [3.63, 3.8) is 0 Å². The Bertz CT molecular complexity index is 1170. The van der Waals surface area contributed by atoms with Gasteiger partial charge in [-0.25, -0.2) is 18.4 Å². The number of nitrogens with two attached hydrogens (primary N) is 1. The molecule has 0 fully saturated rings. The zero-order valence-electron chi connectivity index (χ0n) is 15.1. The predicted molar refractivity (Wildman–Crippen MR) is 102 cm³/mol. The van der Waals surface area contributed by atoms with E-state index in [0.717, 1.165) is 5.39 Å². The van der Waals surface area contributed by atoms with Crippen molar-refractivity contribution in [3.05, 3.63) is 59.9 Å². The van der Waals surface area contributed by atoms with Gasteiger partial charge in [0.1, 0.15) is 5.58 Å². The lowest BCUT2D eigenvalue weighted by atomic mass is 10.1. The van der Waals surface area contributed by atoms with Gasteiger partial charge in [0.25, 0.3) is 5.91 Å². The highest BCUT2D eigenvalue weighted by molar-refractivity contribution is 7.89. The number of amides is 1. The summed E-state index contributed by atoms with van der Waals surface area (Å²) in [5.41, 5.74) is 1.37. The molecule has 0 bridgehead atoms. The maximum Gasteiger partial charge on any atom is 0.375 e. The van der Waals surface area contributed by atoms with Gasteiger partial charge in [-0.2, -0.15) is 0 Å². The molecule has 1 heterocycles. The first kappa shape index (κ1) is 19.6. The summed E-state index contributed by atoms with van der Waals surface area (Å²) in [6.07, 6.45) is -1.14. The summed E-state index contributed by atoms with van der Waals surface area (Å²) < 4.78 is 33.5. The molecule has 28 heavy (non-hydrogen) atoms. The zero-order chi connectivity index (χ0) is 20.5. The largest absolute Gasteiger partial charge is 0.449 e. The molecule has 0 saturated heterocycles. The first-order valence-corrected chi connectivity index (χ1v) is 9.84. The van der Waals surface area contributed by atoms with E-state index in [4.69, 9.17) is 14.3 Å². The first-order chi connectivity index (χ1) is 13.2. The summed E-state index contributed by atoms with van der Waals surface area (Å²) in [6.45, 7) is 3.13. The van der Waals surface area contributed by atoms with Gasteiger partial charge in [-0.3, -0.25) is 4.79 Å². The molecule has 0 unspecified atom stereocenters. The Kier molecular flexibility index (Phi) is 5.21. The molecule has 9 heteroatoms. The molecule has 0 radical (unpaired) electrons. The van der Waals surface area contributed by atoms with Crippen molar-refractivity contribution in [1.82, 2.24) is 0 Å². The van der Waals surface area contributed by atoms with E-state index in [1.807, 2.05) is 12.1 Å². The van der Waals surface area contributed by atoms with Crippen LogP contribution < -0.4 is 10.5 Å². The van der Waals surface area contributed by atoms with Crippen LogP contribution in [-0.2, 0) is 19.6 Å². The third-order valence-corrected chi connectivity index (χ3v) is 5.02. The molecule has 0 aliphatic rings. The van der Waals surface area contributed by atoms with Gasteiger partial charge in [0.2, 0.25) is 15.8 Å². The monoisotopic (exact) mass is 402 g/mol. The molecule has 1 atom stereocenters. The summed E-state index contributed by atoms with van der Waals surface area (Å²) in [7, 11) is -3.90. The average Bonchev–Trinajstić information content (AvgIpc) is 2.98. The highest BCUT2D eigenvalue weighted by Crippen LogP contribution is 2.25. The molecule has 146 valence electrons. The summed E-state index contributed by atoms with van der Waals surface area (Å²) in [6, 6.07) is 12.6. The molecule has 3 rings (SSSR count). The number of anilines is 1. The van der Waals surface area contributed by atoms with Crippen molar-refractivity contribution in [2.45, 2.75) is 24.8 Å². The van der Waals surface area contributed by atoms with Crippen LogP contribution in [0.2, 0.25) is 0 Å². The second-order valence-electron chi connectivity index (χ2n) is 6.16. The van der Waals surface area contributed by atoms with Gasteiger partial charge < -0.3 is 14.5 Å². The average molecular weight is 402 g/mol. The smallest absolute Gasteiger partial charge is 0.375 e. The highest BCUT2D eigenvalue weighted by atomic mass is 32.2. The second kappa shape index (κ2) is 7.45. The number of fused-ring (bicyclic) bond motifs is 1. The molecule has 3 N–H and O–H groups in total. The van der Waals surface area contributed by atoms with Crippen LogP contribution in [0.15, 0.2) is 57.8 Å². The fourth-order valence-electron chi connectivity index (χ4n) is 2.63. The van der Waals surface area contributed by atoms with Crippen molar-refractivity contribution in [2.75, 3.05) is 5.32 Å². The van der Waals surface area contributed by atoms with E-state index in [1.165, 1.54) is 31.2 Å². The number of carbonyl (C=O) groups excluding carboxylic acids is 2. The molecule has 1 aromatic heterocycles. The fourth-order valence-corrected chi connectivity index (χ4v) is 3.19. The third kappa shape index (κ3) is 4.05. The number of nitrogens with one attached hydrogen (secondary N) is 1. The van der Waals surface area contributed by atoms with Gasteiger partial charge in [-0.15, -0.1) is 0 Å². The second-order valence-corrected chi connectivity index (χ2v) is 7.72. The van der Waals surface area contributed by atoms with Crippen molar-refractivity contribution in [1.29, 1.82) is 0 Å². The minimum absolute atomic E-state index is 0.0251. The Morgan fingerprint density at radius 3 is 2.54 bits per heavy atom. The topological polar surface area (TPSA) is 129 Å². The Hall–Kier alpha value is -3.17. The number of carbonyl (C=O) groups is 2. The first-order valence-electron chi connectivity index (χ1n) is 8.29. The number of hydrogen-bond acceptors (Lipinski definition) is 6. The molecule has 0 spiro atoms. The van der Waals surface area contributed by atoms with Crippen LogP contribution >= 0.6 is 0 Å². The molecule has 0 aliphatic heterocycles. The molecule has 0 aliphatic carbocycles. The summed E-state index contributed by atoms with van der Waals surface area (Å²) in [5.74, 6) is -1.37. The van der Waals surface area contributed by atoms with E-state index in [1.54, 1.807) is 19.1 Å². The van der Waals surface area contributed by atoms with Gasteiger partial charge in [0.15, 0.2) is 6.10 Å². The van der Waals surface area contributed by atoms with Gasteiger partial charge in [-0.1, -0.05) is 24.3 Å². The number of sulfonamides is 1. The van der Waals surface area contributed by atoms with Crippen LogP contribution in [-0.4, -0.2) is 26.4 Å². The molecular formula is C19H18N2O6S. The Balaban J connectivity index is 1.72. The quantitative estimate of drug-likeness (QED) is 0.631. The summed E-state index contributed by atoms with van der Waals surface area (Å²) in [5, 5.41) is 8.34. The minimum Gasteiger partial charge on any atom is -0.449 e. The number of furan rings is 1. The predicted octanol–water partition coefficient (Wildman–Crippen LogP) is 2.57. The van der Waals surface area contributed by atoms with Crippen molar-refractivity contribution in [2.24, 2.45) is 5.14 Å². The lowest BCUT2D eigenvalue weighted by molar-refractivity contribution is -0.123. The van der Waals surface area contributed by atoms with E-state index in [2.05, 4.69) is 5.32 Å². The fraction of sp³-hybridized carbons (Fsp3) is 0.158. The van der Waals surface area contributed by atoms with E-state index < -0.39 is 28.0 Å². The molecule has 1 amide bonds. The summed E-state index contributed by atoms with van der Waals surface area (Å²) in [4.78, 5) is 24.5. The van der Waals surface area contributed by atoms with E-state index in [0.29, 0.717) is 11.1 Å². The number of hydrogen-bond donors (Lipinski definition) is 2. The van der Waals surface area contributed by atoms with Gasteiger partial charge in [0.05, 0.1) is 4.90 Å². The molecular weight excluding hydrogens is 384 g/mol. The van der Waals surface area contributed by atoms with E-state index in [9.17, 15) is 18.0 Å². The van der Waals surface area contributed by atoms with Crippen LogP contribution in [0.1, 0.15) is 23.0 Å². The van der Waals surface area contributed by atoms with Crippen LogP contribution in [0.3, 0.4) is 0 Å². The normalized spacial score (nSPS) is 12.5. The molecule has 0 saturated carbocycles. The zero-order valence-corrected chi connectivity index (χ0v) is 15.9. The number of ether oxygens (including phenoxy) is 1. The van der Waals surface area contributed by atoms with Crippen LogP contribution in [0, 0.1) is 6.92 Å². The number of primary sulfonamides is 1. The van der Waals surface area contributed by atoms with Crippen LogP contribution in [0.25, 0.3) is 11.0 Å². The van der Waals surface area contributed by atoms with Crippen LogP contribution in [0.5, 0.6) is 0 Å². The Morgan fingerprint density at radius 2 is 1.86 bits per heavy atom. The van der Waals surface area contributed by atoms with Crippen LogP contribution in [0.4, 0.5) is 5.69 Å². The number of benzene rings is 2. The lowest BCUT2D eigenvalue weighted by Crippen LogP contribution is -2.30. The number of esters is 1. The van der Waals surface area contributed by atoms with E-state index in [-0.39, 0.29) is 16.3 Å². The van der Waals surface area contributed by atoms with E-state index >= 15 is 0 Å². The number of para-hydroxylation sites is 1. The maximum absolute atomic E-state index is 12.4. The number of aryl methyl sites for hydroxylation is 1. The third-order valence-electron chi connectivity index (χ3n) is 4.11.